The Bertz CT molecular complexity index is 669. The van der Waals surface area contributed by atoms with Crippen LogP contribution in [0.1, 0.15) is 16.8 Å². The van der Waals surface area contributed by atoms with Crippen molar-refractivity contribution in [2.75, 3.05) is 17.5 Å². The summed E-state index contributed by atoms with van der Waals surface area (Å²) in [5.74, 6) is -0.679. The lowest BCUT2D eigenvalue weighted by Crippen LogP contribution is -2.27. The lowest BCUT2D eigenvalue weighted by Gasteiger charge is -2.12. The second-order valence-electron chi connectivity index (χ2n) is 4.53. The largest absolute Gasteiger partial charge is 0.412 e. The van der Waals surface area contributed by atoms with Crippen molar-refractivity contribution in [2.45, 2.75) is 12.6 Å². The Morgan fingerprint density at radius 3 is 2.41 bits per heavy atom. The Balaban J connectivity index is 2.73. The molecule has 1 amide bonds. The smallest absolute Gasteiger partial charge is 0.352 e. The average molecular weight is 336 g/mol. The lowest BCUT2D eigenvalue weighted by molar-refractivity contribution is -0.0934. The molecule has 0 saturated heterocycles. The molecule has 9 heteroatoms. The summed E-state index contributed by atoms with van der Waals surface area (Å²) in [4.78, 5) is 11.9. The maximum atomic E-state index is 12.3. The summed E-state index contributed by atoms with van der Waals surface area (Å²) in [7, 11) is -3.58. The first-order chi connectivity index (χ1) is 10.0. The van der Waals surface area contributed by atoms with Crippen molar-refractivity contribution in [3.05, 3.63) is 42.0 Å². The van der Waals surface area contributed by atoms with E-state index in [1.807, 2.05) is 0 Å². The van der Waals surface area contributed by atoms with Gasteiger partial charge in [-0.3, -0.25) is 9.52 Å². The first kappa shape index (κ1) is 18.0. The predicted molar refractivity (Wildman–Crippen MR) is 77.1 cm³/mol. The zero-order valence-corrected chi connectivity index (χ0v) is 12.5. The van der Waals surface area contributed by atoms with Crippen molar-refractivity contribution >= 4 is 21.6 Å². The third-order valence-electron chi connectivity index (χ3n) is 2.58. The van der Waals surface area contributed by atoms with Crippen molar-refractivity contribution in [3.63, 3.8) is 0 Å². The number of sulfonamides is 1. The number of anilines is 1. The molecule has 0 aliphatic heterocycles. The highest BCUT2D eigenvalue weighted by Gasteiger charge is 2.31. The Morgan fingerprint density at radius 1 is 1.27 bits per heavy atom. The van der Waals surface area contributed by atoms with Crippen LogP contribution in [0.15, 0.2) is 36.4 Å². The van der Waals surface area contributed by atoms with Gasteiger partial charge in [0.25, 0.3) is 5.91 Å². The van der Waals surface area contributed by atoms with Gasteiger partial charge in [-0.05, 0) is 18.6 Å². The van der Waals surface area contributed by atoms with Crippen LogP contribution in [-0.2, 0) is 10.0 Å². The van der Waals surface area contributed by atoms with E-state index in [2.05, 4.69) is 16.6 Å². The molecule has 0 radical (unpaired) electrons. The minimum Gasteiger partial charge on any atom is -0.352 e. The summed E-state index contributed by atoms with van der Waals surface area (Å²) in [5, 5.41) is 2.29. The van der Waals surface area contributed by atoms with Crippen molar-refractivity contribution in [2.24, 2.45) is 0 Å². The van der Waals surface area contributed by atoms with Gasteiger partial charge in [-0.25, -0.2) is 8.42 Å². The predicted octanol–water partition coefficient (Wildman–Crippen LogP) is 2.30. The molecule has 0 heterocycles. The van der Waals surface area contributed by atoms with E-state index in [1.54, 1.807) is 0 Å². The van der Waals surface area contributed by atoms with E-state index in [9.17, 15) is 26.4 Å². The summed E-state index contributed by atoms with van der Waals surface area (Å²) in [6, 6.07) is 5.78. The highest BCUT2D eigenvalue weighted by molar-refractivity contribution is 7.92. The van der Waals surface area contributed by atoms with Gasteiger partial charge in [0.2, 0.25) is 10.0 Å². The fourth-order valence-electron chi connectivity index (χ4n) is 1.53. The van der Waals surface area contributed by atoms with E-state index in [0.29, 0.717) is 0 Å². The molecule has 5 nitrogen and oxygen atoms in total. The van der Waals surface area contributed by atoms with Crippen LogP contribution in [0.2, 0.25) is 0 Å². The third-order valence-corrected chi connectivity index (χ3v) is 3.17. The number of benzene rings is 1. The maximum absolute atomic E-state index is 12.3. The van der Waals surface area contributed by atoms with Crippen LogP contribution in [0, 0.1) is 0 Å². The second-order valence-corrected chi connectivity index (χ2v) is 6.28. The molecule has 0 aliphatic carbocycles. The van der Waals surface area contributed by atoms with Gasteiger partial charge < -0.3 is 5.32 Å². The van der Waals surface area contributed by atoms with Gasteiger partial charge in [0.1, 0.15) is 0 Å². The number of halogens is 3. The van der Waals surface area contributed by atoms with Crippen LogP contribution >= 0.6 is 0 Å². The van der Waals surface area contributed by atoms with Crippen LogP contribution in [0.4, 0.5) is 18.9 Å². The lowest BCUT2D eigenvalue weighted by atomic mass is 10.1. The summed E-state index contributed by atoms with van der Waals surface area (Å²) < 4.78 is 61.4. The second kappa shape index (κ2) is 6.82. The number of para-hydroxylation sites is 1. The fraction of sp³-hybridized carbons (Fsp3) is 0.308. The molecule has 0 aromatic heterocycles. The molecule has 22 heavy (non-hydrogen) atoms. The molecule has 0 atom stereocenters. The van der Waals surface area contributed by atoms with E-state index < -0.39 is 34.1 Å². The molecule has 122 valence electrons. The third kappa shape index (κ3) is 5.76. The minimum atomic E-state index is -4.50. The summed E-state index contributed by atoms with van der Waals surface area (Å²) in [6.45, 7) is 2.63. The monoisotopic (exact) mass is 336 g/mol. The number of nitrogens with one attached hydrogen (secondary N) is 2. The van der Waals surface area contributed by atoms with Gasteiger partial charge in [-0.2, -0.15) is 13.2 Å². The maximum Gasteiger partial charge on any atom is 0.412 e. The molecule has 0 aliphatic rings. The number of alkyl halides is 3. The van der Waals surface area contributed by atoms with Crippen molar-refractivity contribution in [1.82, 2.24) is 5.32 Å². The van der Waals surface area contributed by atoms with E-state index >= 15 is 0 Å². The highest BCUT2D eigenvalue weighted by Crippen LogP contribution is 2.26. The molecular formula is C13H15F3N2O3S. The molecular weight excluding hydrogens is 321 g/mol. The van der Waals surface area contributed by atoms with Crippen molar-refractivity contribution in [1.29, 1.82) is 0 Å². The molecule has 0 bridgehead atoms. The molecule has 1 rings (SSSR count). The number of amides is 1. The van der Waals surface area contributed by atoms with E-state index in [-0.39, 0.29) is 17.8 Å². The van der Waals surface area contributed by atoms with Gasteiger partial charge >= 0.3 is 6.18 Å². The summed E-state index contributed by atoms with van der Waals surface area (Å²) >= 11 is 0. The van der Waals surface area contributed by atoms with Gasteiger partial charge in [-0.15, -0.1) is 0 Å². The molecule has 1 aromatic rings. The Hall–Kier alpha value is -2.03. The van der Waals surface area contributed by atoms with Crippen LogP contribution in [-0.4, -0.2) is 33.3 Å². The highest BCUT2D eigenvalue weighted by atomic mass is 32.2. The fourth-order valence-corrected chi connectivity index (χ4v) is 2.11. The standard InChI is InChI=1S/C13H15F3N2O3S/c1-9(13(14,15)16)7-8-17-12(19)10-5-3-4-6-11(10)18-22(2,20)21/h3-6,18H,1,7-8H2,2H3,(H,17,19). The quantitative estimate of drug-likeness (QED) is 0.783. The SMILES string of the molecule is C=C(CCNC(=O)c1ccccc1NS(C)(=O)=O)C(F)(F)F. The molecule has 0 fully saturated rings. The number of hydrogen-bond acceptors (Lipinski definition) is 3. The van der Waals surface area contributed by atoms with Crippen LogP contribution in [0.3, 0.4) is 0 Å². The molecule has 0 spiro atoms. The van der Waals surface area contributed by atoms with Gasteiger partial charge in [0, 0.05) is 12.1 Å². The zero-order valence-electron chi connectivity index (χ0n) is 11.7. The number of hydrogen-bond donors (Lipinski definition) is 2. The van der Waals surface area contributed by atoms with Crippen molar-refractivity contribution < 1.29 is 26.4 Å². The van der Waals surface area contributed by atoms with E-state index in [1.165, 1.54) is 24.3 Å². The number of carbonyl (C=O) groups excluding carboxylic acids is 1. The first-order valence-electron chi connectivity index (χ1n) is 6.10. The first-order valence-corrected chi connectivity index (χ1v) is 8.00. The molecule has 0 saturated carbocycles. The Labute approximate surface area is 126 Å². The number of rotatable bonds is 6. The average Bonchev–Trinajstić information content (AvgIpc) is 2.36. The summed E-state index contributed by atoms with van der Waals surface area (Å²) in [5.41, 5.74) is -0.877. The van der Waals surface area contributed by atoms with E-state index in [0.717, 1.165) is 6.26 Å². The Kier molecular flexibility index (Phi) is 5.59. The normalized spacial score (nSPS) is 11.8. The van der Waals surface area contributed by atoms with Gasteiger partial charge in [0.15, 0.2) is 0 Å². The Morgan fingerprint density at radius 2 is 1.86 bits per heavy atom. The minimum absolute atomic E-state index is 0.0190. The van der Waals surface area contributed by atoms with Crippen LogP contribution < -0.4 is 10.0 Å². The topological polar surface area (TPSA) is 75.3 Å². The van der Waals surface area contributed by atoms with Crippen LogP contribution in [0.5, 0.6) is 0 Å². The van der Waals surface area contributed by atoms with Gasteiger partial charge in [0.05, 0.1) is 17.5 Å². The molecule has 1 aromatic carbocycles. The van der Waals surface area contributed by atoms with Gasteiger partial charge in [-0.1, -0.05) is 18.7 Å². The number of carbonyl (C=O) groups is 1. The van der Waals surface area contributed by atoms with Crippen molar-refractivity contribution in [3.8, 4) is 0 Å². The molecule has 0 unspecified atom stereocenters. The van der Waals surface area contributed by atoms with E-state index in [4.69, 9.17) is 0 Å². The summed E-state index contributed by atoms with van der Waals surface area (Å²) in [6.07, 6.45) is -4.02. The molecule has 2 N–H and O–H groups in total. The zero-order chi connectivity index (χ0) is 17.0. The van der Waals surface area contributed by atoms with Crippen LogP contribution in [0.25, 0.3) is 0 Å².